The minimum Gasteiger partial charge on any atom is -0.330 e. The van der Waals surface area contributed by atoms with E-state index < -0.39 is 11.7 Å². The van der Waals surface area contributed by atoms with E-state index in [2.05, 4.69) is 0 Å². The standard InChI is InChI=1S/C12H16F3NS/c1-9(6-7-16)17-8-10-4-2-3-5-11(10)12(13,14)15/h2-5,9H,6-8,16H2,1H3. The zero-order valence-electron chi connectivity index (χ0n) is 9.63. The van der Waals surface area contributed by atoms with Crippen LogP contribution in [0.5, 0.6) is 0 Å². The summed E-state index contributed by atoms with van der Waals surface area (Å²) >= 11 is 1.50. The smallest absolute Gasteiger partial charge is 0.330 e. The van der Waals surface area contributed by atoms with Crippen molar-refractivity contribution in [1.29, 1.82) is 0 Å². The average Bonchev–Trinajstić information content (AvgIpc) is 2.26. The van der Waals surface area contributed by atoms with Crippen LogP contribution in [0.3, 0.4) is 0 Å². The Morgan fingerprint density at radius 1 is 1.29 bits per heavy atom. The number of halogens is 3. The molecule has 0 saturated carbocycles. The summed E-state index contributed by atoms with van der Waals surface area (Å²) in [4.78, 5) is 0. The van der Waals surface area contributed by atoms with Crippen molar-refractivity contribution in [3.8, 4) is 0 Å². The Kier molecular flexibility index (Phi) is 5.33. The SMILES string of the molecule is CC(CCN)SCc1ccccc1C(F)(F)F. The number of benzene rings is 1. The molecule has 0 fully saturated rings. The number of thioether (sulfide) groups is 1. The van der Waals surface area contributed by atoms with E-state index in [9.17, 15) is 13.2 Å². The van der Waals surface area contributed by atoms with Crippen LogP contribution in [0.15, 0.2) is 24.3 Å². The molecule has 1 unspecified atom stereocenters. The Labute approximate surface area is 104 Å². The van der Waals surface area contributed by atoms with Crippen LogP contribution < -0.4 is 5.73 Å². The largest absolute Gasteiger partial charge is 0.416 e. The first kappa shape index (κ1) is 14.4. The molecule has 96 valence electrons. The van der Waals surface area contributed by atoms with Gasteiger partial charge >= 0.3 is 6.18 Å². The van der Waals surface area contributed by atoms with E-state index in [1.54, 1.807) is 6.07 Å². The predicted molar refractivity (Wildman–Crippen MR) is 65.9 cm³/mol. The van der Waals surface area contributed by atoms with E-state index in [1.807, 2.05) is 6.92 Å². The molecule has 0 aromatic heterocycles. The second kappa shape index (κ2) is 6.31. The van der Waals surface area contributed by atoms with E-state index in [1.165, 1.54) is 23.9 Å². The van der Waals surface area contributed by atoms with Gasteiger partial charge in [-0.15, -0.1) is 0 Å². The second-order valence-corrected chi connectivity index (χ2v) is 5.28. The van der Waals surface area contributed by atoms with Gasteiger partial charge in [0.15, 0.2) is 0 Å². The van der Waals surface area contributed by atoms with Crippen molar-refractivity contribution in [3.05, 3.63) is 35.4 Å². The van der Waals surface area contributed by atoms with Crippen molar-refractivity contribution in [1.82, 2.24) is 0 Å². The summed E-state index contributed by atoms with van der Waals surface area (Å²) in [6.45, 7) is 2.54. The lowest BCUT2D eigenvalue weighted by Crippen LogP contribution is -2.10. The molecule has 2 N–H and O–H groups in total. The van der Waals surface area contributed by atoms with Gasteiger partial charge in [-0.05, 0) is 24.6 Å². The van der Waals surface area contributed by atoms with Gasteiger partial charge in [0, 0.05) is 11.0 Å². The van der Waals surface area contributed by atoms with Crippen LogP contribution in [0.2, 0.25) is 0 Å². The van der Waals surface area contributed by atoms with E-state index in [0.717, 1.165) is 12.5 Å². The summed E-state index contributed by atoms with van der Waals surface area (Å²) in [5.41, 5.74) is 5.21. The van der Waals surface area contributed by atoms with E-state index in [0.29, 0.717) is 17.9 Å². The van der Waals surface area contributed by atoms with Gasteiger partial charge in [-0.1, -0.05) is 25.1 Å². The minimum absolute atomic E-state index is 0.279. The highest BCUT2D eigenvalue weighted by Crippen LogP contribution is 2.34. The minimum atomic E-state index is -4.27. The summed E-state index contributed by atoms with van der Waals surface area (Å²) in [7, 11) is 0. The fraction of sp³-hybridized carbons (Fsp3) is 0.500. The molecule has 17 heavy (non-hydrogen) atoms. The monoisotopic (exact) mass is 263 g/mol. The number of rotatable bonds is 5. The number of hydrogen-bond donors (Lipinski definition) is 1. The summed E-state index contributed by atoms with van der Waals surface area (Å²) in [6.07, 6.45) is -3.45. The maximum absolute atomic E-state index is 12.7. The summed E-state index contributed by atoms with van der Waals surface area (Å²) in [5, 5.41) is 0.279. The molecule has 0 bridgehead atoms. The Hall–Kier alpha value is -0.680. The van der Waals surface area contributed by atoms with Gasteiger partial charge < -0.3 is 5.73 Å². The third-order valence-corrected chi connectivity index (χ3v) is 3.70. The van der Waals surface area contributed by atoms with E-state index in [4.69, 9.17) is 5.73 Å². The Balaban J connectivity index is 2.71. The van der Waals surface area contributed by atoms with Crippen molar-refractivity contribution >= 4 is 11.8 Å². The van der Waals surface area contributed by atoms with Crippen LogP contribution in [-0.2, 0) is 11.9 Å². The zero-order valence-corrected chi connectivity index (χ0v) is 10.4. The molecule has 1 aromatic rings. The second-order valence-electron chi connectivity index (χ2n) is 3.85. The van der Waals surface area contributed by atoms with E-state index in [-0.39, 0.29) is 5.25 Å². The molecule has 0 aliphatic carbocycles. The van der Waals surface area contributed by atoms with Crippen LogP contribution in [0, 0.1) is 0 Å². The van der Waals surface area contributed by atoms with Gasteiger partial charge in [0.05, 0.1) is 5.56 Å². The van der Waals surface area contributed by atoms with Crippen LogP contribution >= 0.6 is 11.8 Å². The normalized spacial score (nSPS) is 13.7. The topological polar surface area (TPSA) is 26.0 Å². The van der Waals surface area contributed by atoms with Gasteiger partial charge in [-0.25, -0.2) is 0 Å². The van der Waals surface area contributed by atoms with Gasteiger partial charge in [-0.2, -0.15) is 24.9 Å². The summed E-state index contributed by atoms with van der Waals surface area (Å²) in [5.74, 6) is 0.372. The first-order valence-electron chi connectivity index (χ1n) is 5.42. The highest BCUT2D eigenvalue weighted by molar-refractivity contribution is 7.99. The van der Waals surface area contributed by atoms with Crippen LogP contribution in [0.25, 0.3) is 0 Å². The van der Waals surface area contributed by atoms with Gasteiger partial charge in [0.25, 0.3) is 0 Å². The number of nitrogens with two attached hydrogens (primary N) is 1. The highest BCUT2D eigenvalue weighted by atomic mass is 32.2. The van der Waals surface area contributed by atoms with Gasteiger partial charge in [-0.3, -0.25) is 0 Å². The Bertz CT molecular complexity index is 352. The molecule has 1 rings (SSSR count). The molecule has 0 amide bonds. The highest BCUT2D eigenvalue weighted by Gasteiger charge is 2.32. The summed E-state index contributed by atoms with van der Waals surface area (Å²) in [6, 6.07) is 5.72. The molecule has 0 spiro atoms. The molecule has 0 aliphatic heterocycles. The molecule has 0 heterocycles. The van der Waals surface area contributed by atoms with Crippen LogP contribution in [0.1, 0.15) is 24.5 Å². The van der Waals surface area contributed by atoms with E-state index >= 15 is 0 Å². The first-order valence-corrected chi connectivity index (χ1v) is 6.46. The maximum atomic E-state index is 12.7. The molecule has 1 aromatic carbocycles. The van der Waals surface area contributed by atoms with Crippen molar-refractivity contribution in [2.45, 2.75) is 30.5 Å². The molecule has 0 aliphatic rings. The summed E-state index contributed by atoms with van der Waals surface area (Å²) < 4.78 is 38.1. The molecular formula is C12H16F3NS. The van der Waals surface area contributed by atoms with Gasteiger partial charge in [0.2, 0.25) is 0 Å². The molecular weight excluding hydrogens is 247 g/mol. The molecule has 5 heteroatoms. The van der Waals surface area contributed by atoms with Crippen molar-refractivity contribution in [2.24, 2.45) is 5.73 Å². The third-order valence-electron chi connectivity index (χ3n) is 2.42. The molecule has 1 nitrogen and oxygen atoms in total. The fourth-order valence-corrected chi connectivity index (χ4v) is 2.49. The number of hydrogen-bond acceptors (Lipinski definition) is 2. The van der Waals surface area contributed by atoms with Crippen LogP contribution in [0.4, 0.5) is 13.2 Å². The lowest BCUT2D eigenvalue weighted by Gasteiger charge is -2.14. The molecule has 0 saturated heterocycles. The number of alkyl halides is 3. The van der Waals surface area contributed by atoms with Crippen molar-refractivity contribution in [3.63, 3.8) is 0 Å². The van der Waals surface area contributed by atoms with Crippen molar-refractivity contribution in [2.75, 3.05) is 6.54 Å². The van der Waals surface area contributed by atoms with Crippen LogP contribution in [-0.4, -0.2) is 11.8 Å². The molecule has 1 atom stereocenters. The average molecular weight is 263 g/mol. The van der Waals surface area contributed by atoms with Gasteiger partial charge in [0.1, 0.15) is 0 Å². The Morgan fingerprint density at radius 3 is 2.53 bits per heavy atom. The lowest BCUT2D eigenvalue weighted by atomic mass is 10.1. The Morgan fingerprint density at radius 2 is 1.94 bits per heavy atom. The fourth-order valence-electron chi connectivity index (χ4n) is 1.47. The molecule has 0 radical (unpaired) electrons. The third kappa shape index (κ3) is 4.60. The quantitative estimate of drug-likeness (QED) is 0.877. The first-order chi connectivity index (χ1) is 7.95. The maximum Gasteiger partial charge on any atom is 0.416 e. The lowest BCUT2D eigenvalue weighted by molar-refractivity contribution is -0.138. The van der Waals surface area contributed by atoms with Crippen molar-refractivity contribution < 1.29 is 13.2 Å². The zero-order chi connectivity index (χ0) is 12.9. The predicted octanol–water partition coefficient (Wildman–Crippen LogP) is 3.68.